The lowest BCUT2D eigenvalue weighted by atomic mass is 9.98. The Morgan fingerprint density at radius 1 is 0.872 bits per heavy atom. The molecule has 0 aliphatic heterocycles. The van der Waals surface area contributed by atoms with Gasteiger partial charge in [0.1, 0.15) is 5.69 Å². The lowest BCUT2D eigenvalue weighted by Crippen LogP contribution is -2.36. The molecule has 1 unspecified atom stereocenters. The van der Waals surface area contributed by atoms with Crippen LogP contribution in [0.4, 0.5) is 39.5 Å². The Morgan fingerprint density at radius 3 is 1.92 bits per heavy atom. The first-order valence-electron chi connectivity index (χ1n) is 11.5. The van der Waals surface area contributed by atoms with Gasteiger partial charge in [0.15, 0.2) is 5.82 Å². The van der Waals surface area contributed by atoms with Crippen molar-refractivity contribution < 1.29 is 44.3 Å². The van der Waals surface area contributed by atoms with Crippen molar-refractivity contribution in [1.82, 2.24) is 19.9 Å². The molecule has 208 valence electrons. The maximum Gasteiger partial charge on any atom is 0.433 e. The second-order valence-electron chi connectivity index (χ2n) is 9.10. The first kappa shape index (κ1) is 28.3. The molecular weight excluding hydrogens is 543 g/mol. The molecule has 3 aromatic rings. The fourth-order valence-corrected chi connectivity index (χ4v) is 3.99. The van der Waals surface area contributed by atoms with E-state index in [1.54, 1.807) is 0 Å². The number of amides is 1. The molecule has 0 N–H and O–H groups in total. The molecule has 1 atom stereocenters. The summed E-state index contributed by atoms with van der Waals surface area (Å²) in [6.45, 7) is 1.35. The minimum Gasteiger partial charge on any atom is -0.332 e. The van der Waals surface area contributed by atoms with Crippen LogP contribution in [0.15, 0.2) is 48.9 Å². The van der Waals surface area contributed by atoms with Crippen molar-refractivity contribution in [3.05, 3.63) is 76.9 Å². The van der Waals surface area contributed by atoms with E-state index >= 15 is 0 Å². The van der Waals surface area contributed by atoms with Crippen LogP contribution < -0.4 is 0 Å². The van der Waals surface area contributed by atoms with E-state index in [0.717, 1.165) is 11.1 Å². The van der Waals surface area contributed by atoms with Gasteiger partial charge in [0, 0.05) is 41.8 Å². The maximum absolute atomic E-state index is 13.5. The number of hydrogen-bond donors (Lipinski definition) is 0. The predicted molar refractivity (Wildman–Crippen MR) is 119 cm³/mol. The quantitative estimate of drug-likeness (QED) is 0.298. The van der Waals surface area contributed by atoms with Crippen molar-refractivity contribution in [2.24, 2.45) is 5.92 Å². The van der Waals surface area contributed by atoms with Gasteiger partial charge >= 0.3 is 18.5 Å². The van der Waals surface area contributed by atoms with Crippen LogP contribution in [0.25, 0.3) is 11.4 Å². The summed E-state index contributed by atoms with van der Waals surface area (Å²) in [6.07, 6.45) is -10.4. The van der Waals surface area contributed by atoms with Crippen LogP contribution in [0.5, 0.6) is 0 Å². The zero-order valence-electron chi connectivity index (χ0n) is 20.0. The number of nitrogens with zero attached hydrogens (tertiary/aromatic N) is 4. The van der Waals surface area contributed by atoms with Crippen molar-refractivity contribution >= 4 is 5.91 Å². The van der Waals surface area contributed by atoms with E-state index in [4.69, 9.17) is 0 Å². The standard InChI is InChI=1S/C25H19F9N4O/c1-13(19-11-37-20(25(32,33)34)10-18(19)21-35-5-2-6-36-21)38(12-14-3-4-14)22(39)15-7-16(23(26,27)28)9-17(8-15)24(29,30)31/h2,5-11,13-14H,3-4,12H2,1H3. The number of carbonyl (C=O) groups excluding carboxylic acids is 1. The first-order chi connectivity index (χ1) is 18.1. The Balaban J connectivity index is 1.83. The average Bonchev–Trinajstić information content (AvgIpc) is 3.69. The van der Waals surface area contributed by atoms with Gasteiger partial charge in [0.2, 0.25) is 0 Å². The van der Waals surface area contributed by atoms with E-state index in [0.29, 0.717) is 31.0 Å². The number of alkyl halides is 9. The number of pyridine rings is 1. The molecule has 0 bridgehead atoms. The minimum absolute atomic E-state index is 0.0335. The van der Waals surface area contributed by atoms with Gasteiger partial charge in [-0.15, -0.1) is 0 Å². The molecule has 2 aromatic heterocycles. The highest BCUT2D eigenvalue weighted by atomic mass is 19.4. The number of benzene rings is 1. The predicted octanol–water partition coefficient (Wildman–Crippen LogP) is 7.21. The smallest absolute Gasteiger partial charge is 0.332 e. The van der Waals surface area contributed by atoms with E-state index in [1.807, 2.05) is 0 Å². The van der Waals surface area contributed by atoms with Crippen molar-refractivity contribution in [3.63, 3.8) is 0 Å². The second kappa shape index (κ2) is 10.1. The van der Waals surface area contributed by atoms with Gasteiger partial charge in [0.05, 0.1) is 17.2 Å². The number of rotatable bonds is 6. The van der Waals surface area contributed by atoms with Crippen LogP contribution in [0.2, 0.25) is 0 Å². The van der Waals surface area contributed by atoms with E-state index in [1.165, 1.54) is 25.4 Å². The molecule has 0 spiro atoms. The Kier molecular flexibility index (Phi) is 7.34. The monoisotopic (exact) mass is 562 g/mol. The van der Waals surface area contributed by atoms with Crippen LogP contribution in [-0.2, 0) is 18.5 Å². The lowest BCUT2D eigenvalue weighted by molar-refractivity contribution is -0.143. The van der Waals surface area contributed by atoms with E-state index in [-0.39, 0.29) is 35.5 Å². The summed E-state index contributed by atoms with van der Waals surface area (Å²) in [5.41, 5.74) is -5.55. The SMILES string of the molecule is CC(c1cnc(C(F)(F)F)cc1-c1ncccn1)N(CC1CC1)C(=O)c1cc(C(F)(F)F)cc(C(F)(F)F)c1. The molecular formula is C25H19F9N4O. The van der Waals surface area contributed by atoms with Gasteiger partial charge in [-0.05, 0) is 56.0 Å². The van der Waals surface area contributed by atoms with Crippen molar-refractivity contribution in [1.29, 1.82) is 0 Å². The molecule has 5 nitrogen and oxygen atoms in total. The molecule has 0 saturated heterocycles. The Labute approximate surface area is 215 Å². The van der Waals surface area contributed by atoms with Crippen molar-refractivity contribution in [2.45, 2.75) is 44.3 Å². The van der Waals surface area contributed by atoms with Crippen LogP contribution in [0, 0.1) is 5.92 Å². The van der Waals surface area contributed by atoms with Crippen LogP contribution >= 0.6 is 0 Å². The van der Waals surface area contributed by atoms with E-state index in [2.05, 4.69) is 15.0 Å². The Hall–Kier alpha value is -3.71. The summed E-state index contributed by atoms with van der Waals surface area (Å²) in [6, 6.07) is 1.57. The molecule has 1 saturated carbocycles. The third kappa shape index (κ3) is 6.48. The lowest BCUT2D eigenvalue weighted by Gasteiger charge is -2.31. The minimum atomic E-state index is -5.17. The number of hydrogen-bond acceptors (Lipinski definition) is 4. The summed E-state index contributed by atoms with van der Waals surface area (Å²) in [5, 5.41) is 0. The van der Waals surface area contributed by atoms with E-state index in [9.17, 15) is 44.3 Å². The molecule has 1 aliphatic carbocycles. The molecule has 2 heterocycles. The Bertz CT molecular complexity index is 1320. The number of halogens is 9. The molecule has 14 heteroatoms. The largest absolute Gasteiger partial charge is 0.433 e. The number of aromatic nitrogens is 3. The summed E-state index contributed by atoms with van der Waals surface area (Å²) in [5.74, 6) is -1.36. The molecule has 1 aromatic carbocycles. The third-order valence-corrected chi connectivity index (χ3v) is 6.20. The summed E-state index contributed by atoms with van der Waals surface area (Å²) >= 11 is 0. The fraction of sp³-hybridized carbons (Fsp3) is 0.360. The van der Waals surface area contributed by atoms with Gasteiger partial charge in [-0.3, -0.25) is 9.78 Å². The zero-order valence-corrected chi connectivity index (χ0v) is 20.0. The fourth-order valence-electron chi connectivity index (χ4n) is 3.99. The van der Waals surface area contributed by atoms with Gasteiger partial charge in [-0.25, -0.2) is 9.97 Å². The average molecular weight is 562 g/mol. The molecule has 0 radical (unpaired) electrons. The summed E-state index contributed by atoms with van der Waals surface area (Å²) in [4.78, 5) is 25.9. The van der Waals surface area contributed by atoms with Gasteiger partial charge in [-0.2, -0.15) is 39.5 Å². The van der Waals surface area contributed by atoms with Gasteiger partial charge < -0.3 is 4.90 Å². The molecule has 39 heavy (non-hydrogen) atoms. The maximum atomic E-state index is 13.5. The van der Waals surface area contributed by atoms with E-state index < -0.39 is 52.9 Å². The van der Waals surface area contributed by atoms with Crippen molar-refractivity contribution in [2.75, 3.05) is 6.54 Å². The third-order valence-electron chi connectivity index (χ3n) is 6.20. The van der Waals surface area contributed by atoms with Crippen LogP contribution in [0.1, 0.15) is 58.5 Å². The highest BCUT2D eigenvalue weighted by Gasteiger charge is 2.40. The zero-order chi connectivity index (χ0) is 28.8. The number of carbonyl (C=O) groups is 1. The van der Waals surface area contributed by atoms with Crippen molar-refractivity contribution in [3.8, 4) is 11.4 Å². The van der Waals surface area contributed by atoms with Crippen LogP contribution in [0.3, 0.4) is 0 Å². The van der Waals surface area contributed by atoms with Gasteiger partial charge in [0.25, 0.3) is 5.91 Å². The highest BCUT2D eigenvalue weighted by Crippen LogP contribution is 2.40. The second-order valence-corrected chi connectivity index (χ2v) is 9.10. The molecule has 1 aliphatic rings. The summed E-state index contributed by atoms with van der Waals surface area (Å²) < 4.78 is 121. The Morgan fingerprint density at radius 2 is 1.44 bits per heavy atom. The van der Waals surface area contributed by atoms with Crippen LogP contribution in [-0.4, -0.2) is 32.3 Å². The molecule has 1 fully saturated rings. The highest BCUT2D eigenvalue weighted by molar-refractivity contribution is 5.95. The molecule has 4 rings (SSSR count). The molecule has 1 amide bonds. The normalized spacial score (nSPS) is 15.2. The topological polar surface area (TPSA) is 59.0 Å². The summed E-state index contributed by atoms with van der Waals surface area (Å²) in [7, 11) is 0. The first-order valence-corrected chi connectivity index (χ1v) is 11.5. The van der Waals surface area contributed by atoms with Gasteiger partial charge in [-0.1, -0.05) is 0 Å².